The summed E-state index contributed by atoms with van der Waals surface area (Å²) in [6, 6.07) is 17.9. The molecule has 2 aromatic carbocycles. The first-order valence-corrected chi connectivity index (χ1v) is 7.17. The van der Waals surface area contributed by atoms with Crippen molar-refractivity contribution >= 4 is 0 Å². The molecule has 0 radical (unpaired) electrons. The molecule has 0 saturated carbocycles. The zero-order valence-corrected chi connectivity index (χ0v) is 12.1. The van der Waals surface area contributed by atoms with Gasteiger partial charge >= 0.3 is 0 Å². The second-order valence-corrected chi connectivity index (χ2v) is 4.92. The standard InChI is InChI=1S/C18H23N/c1-4-15-9-8-10-16(13-15)18-12-7-6-11-17(18)14(3)19-5-2/h6-14,19H,4-5H2,1-3H3. The molecule has 0 bridgehead atoms. The molecule has 100 valence electrons. The van der Waals surface area contributed by atoms with Crippen LogP contribution in [0.5, 0.6) is 0 Å². The van der Waals surface area contributed by atoms with Gasteiger partial charge in [-0.1, -0.05) is 62.4 Å². The molecule has 1 unspecified atom stereocenters. The van der Waals surface area contributed by atoms with Gasteiger partial charge in [0.15, 0.2) is 0 Å². The van der Waals surface area contributed by atoms with Crippen molar-refractivity contribution in [2.45, 2.75) is 33.2 Å². The SMILES string of the molecule is CCNC(C)c1ccccc1-c1cccc(CC)c1. The van der Waals surface area contributed by atoms with Crippen LogP contribution in [0.3, 0.4) is 0 Å². The Balaban J connectivity index is 2.43. The molecule has 0 amide bonds. The highest BCUT2D eigenvalue weighted by Crippen LogP contribution is 2.28. The summed E-state index contributed by atoms with van der Waals surface area (Å²) in [5.74, 6) is 0. The molecule has 0 fully saturated rings. The van der Waals surface area contributed by atoms with E-state index in [1.54, 1.807) is 0 Å². The Labute approximate surface area is 116 Å². The Morgan fingerprint density at radius 3 is 2.53 bits per heavy atom. The molecule has 0 aliphatic heterocycles. The molecule has 1 nitrogen and oxygen atoms in total. The number of hydrogen-bond donors (Lipinski definition) is 1. The largest absolute Gasteiger partial charge is 0.310 e. The molecular weight excluding hydrogens is 230 g/mol. The lowest BCUT2D eigenvalue weighted by Crippen LogP contribution is -2.18. The summed E-state index contributed by atoms with van der Waals surface area (Å²) < 4.78 is 0. The lowest BCUT2D eigenvalue weighted by Gasteiger charge is -2.17. The van der Waals surface area contributed by atoms with Gasteiger partial charge in [-0.3, -0.25) is 0 Å². The van der Waals surface area contributed by atoms with E-state index in [0.717, 1.165) is 13.0 Å². The van der Waals surface area contributed by atoms with Gasteiger partial charge in [-0.25, -0.2) is 0 Å². The van der Waals surface area contributed by atoms with E-state index in [0.29, 0.717) is 6.04 Å². The maximum Gasteiger partial charge on any atom is 0.0297 e. The van der Waals surface area contributed by atoms with Crippen LogP contribution in [0.2, 0.25) is 0 Å². The summed E-state index contributed by atoms with van der Waals surface area (Å²) in [5, 5.41) is 3.50. The highest BCUT2D eigenvalue weighted by atomic mass is 14.9. The van der Waals surface area contributed by atoms with Crippen LogP contribution < -0.4 is 5.32 Å². The van der Waals surface area contributed by atoms with E-state index in [9.17, 15) is 0 Å². The van der Waals surface area contributed by atoms with Gasteiger partial charge in [-0.15, -0.1) is 0 Å². The molecule has 2 aromatic rings. The molecule has 0 spiro atoms. The topological polar surface area (TPSA) is 12.0 Å². The van der Waals surface area contributed by atoms with Crippen LogP contribution in [-0.2, 0) is 6.42 Å². The van der Waals surface area contributed by atoms with E-state index in [-0.39, 0.29) is 0 Å². The normalized spacial score (nSPS) is 12.4. The second-order valence-electron chi connectivity index (χ2n) is 4.92. The summed E-state index contributed by atoms with van der Waals surface area (Å²) in [7, 11) is 0. The molecule has 1 N–H and O–H groups in total. The van der Waals surface area contributed by atoms with Crippen molar-refractivity contribution in [2.75, 3.05) is 6.54 Å². The Morgan fingerprint density at radius 1 is 1.00 bits per heavy atom. The second kappa shape index (κ2) is 6.53. The summed E-state index contributed by atoms with van der Waals surface area (Å²) in [6.07, 6.45) is 1.08. The molecule has 2 rings (SSSR count). The molecule has 0 aromatic heterocycles. The number of rotatable bonds is 5. The highest BCUT2D eigenvalue weighted by molar-refractivity contribution is 5.68. The predicted molar refractivity (Wildman–Crippen MR) is 83.3 cm³/mol. The van der Waals surface area contributed by atoms with E-state index < -0.39 is 0 Å². The van der Waals surface area contributed by atoms with Gasteiger partial charge in [-0.05, 0) is 42.1 Å². The molecule has 0 heterocycles. The fourth-order valence-electron chi connectivity index (χ4n) is 2.51. The average Bonchev–Trinajstić information content (AvgIpc) is 2.47. The van der Waals surface area contributed by atoms with Crippen LogP contribution in [0, 0.1) is 0 Å². The van der Waals surface area contributed by atoms with Crippen molar-refractivity contribution < 1.29 is 0 Å². The van der Waals surface area contributed by atoms with Gasteiger partial charge < -0.3 is 5.32 Å². The van der Waals surface area contributed by atoms with Crippen molar-refractivity contribution in [1.29, 1.82) is 0 Å². The van der Waals surface area contributed by atoms with E-state index >= 15 is 0 Å². The van der Waals surface area contributed by atoms with Crippen LogP contribution in [0.1, 0.15) is 37.9 Å². The third-order valence-electron chi connectivity index (χ3n) is 3.58. The van der Waals surface area contributed by atoms with Crippen molar-refractivity contribution in [3.63, 3.8) is 0 Å². The third-order valence-corrected chi connectivity index (χ3v) is 3.58. The monoisotopic (exact) mass is 253 g/mol. The highest BCUT2D eigenvalue weighted by Gasteiger charge is 2.10. The molecule has 19 heavy (non-hydrogen) atoms. The number of hydrogen-bond acceptors (Lipinski definition) is 1. The smallest absolute Gasteiger partial charge is 0.0297 e. The van der Waals surface area contributed by atoms with E-state index in [1.807, 2.05) is 0 Å². The Bertz CT molecular complexity index is 531. The predicted octanol–water partition coefficient (Wildman–Crippen LogP) is 4.59. The summed E-state index contributed by atoms with van der Waals surface area (Å²) in [6.45, 7) is 7.57. The minimum atomic E-state index is 0.381. The van der Waals surface area contributed by atoms with Crippen LogP contribution in [0.4, 0.5) is 0 Å². The zero-order valence-electron chi connectivity index (χ0n) is 12.1. The van der Waals surface area contributed by atoms with Crippen molar-refractivity contribution in [2.24, 2.45) is 0 Å². The first-order valence-electron chi connectivity index (χ1n) is 7.17. The fourth-order valence-corrected chi connectivity index (χ4v) is 2.51. The minimum absolute atomic E-state index is 0.381. The molecule has 0 aliphatic carbocycles. The average molecular weight is 253 g/mol. The van der Waals surface area contributed by atoms with Crippen LogP contribution >= 0.6 is 0 Å². The van der Waals surface area contributed by atoms with Crippen LogP contribution in [0.25, 0.3) is 11.1 Å². The van der Waals surface area contributed by atoms with E-state index in [4.69, 9.17) is 0 Å². The van der Waals surface area contributed by atoms with E-state index in [2.05, 4.69) is 74.6 Å². The van der Waals surface area contributed by atoms with Crippen molar-refractivity contribution in [3.8, 4) is 11.1 Å². The van der Waals surface area contributed by atoms with Crippen LogP contribution in [0.15, 0.2) is 48.5 Å². The van der Waals surface area contributed by atoms with E-state index in [1.165, 1.54) is 22.3 Å². The maximum absolute atomic E-state index is 3.50. The Kier molecular flexibility index (Phi) is 4.75. The summed E-state index contributed by atoms with van der Waals surface area (Å²) in [5.41, 5.74) is 5.42. The fraction of sp³-hybridized carbons (Fsp3) is 0.333. The molecule has 1 heteroatoms. The van der Waals surface area contributed by atoms with Crippen molar-refractivity contribution in [3.05, 3.63) is 59.7 Å². The van der Waals surface area contributed by atoms with Crippen molar-refractivity contribution in [1.82, 2.24) is 5.32 Å². The summed E-state index contributed by atoms with van der Waals surface area (Å²) >= 11 is 0. The van der Waals surface area contributed by atoms with Gasteiger partial charge in [0.25, 0.3) is 0 Å². The first kappa shape index (κ1) is 13.8. The van der Waals surface area contributed by atoms with Gasteiger partial charge in [-0.2, -0.15) is 0 Å². The maximum atomic E-state index is 3.50. The number of benzene rings is 2. The van der Waals surface area contributed by atoms with Crippen LogP contribution in [-0.4, -0.2) is 6.54 Å². The minimum Gasteiger partial charge on any atom is -0.310 e. The van der Waals surface area contributed by atoms with Gasteiger partial charge in [0.2, 0.25) is 0 Å². The number of nitrogens with one attached hydrogen (secondary N) is 1. The lowest BCUT2D eigenvalue weighted by atomic mass is 9.94. The lowest BCUT2D eigenvalue weighted by molar-refractivity contribution is 0.599. The number of aryl methyl sites for hydroxylation is 1. The van der Waals surface area contributed by atoms with Gasteiger partial charge in [0.05, 0.1) is 0 Å². The Morgan fingerprint density at radius 2 is 1.79 bits per heavy atom. The molecular formula is C18H23N. The molecule has 0 saturated heterocycles. The van der Waals surface area contributed by atoms with Gasteiger partial charge in [0.1, 0.15) is 0 Å². The molecule has 1 atom stereocenters. The zero-order chi connectivity index (χ0) is 13.7. The third kappa shape index (κ3) is 3.24. The van der Waals surface area contributed by atoms with Gasteiger partial charge in [0, 0.05) is 6.04 Å². The quantitative estimate of drug-likeness (QED) is 0.822. The first-order chi connectivity index (χ1) is 9.26. The Hall–Kier alpha value is -1.60. The molecule has 0 aliphatic rings. The summed E-state index contributed by atoms with van der Waals surface area (Å²) in [4.78, 5) is 0.